The Morgan fingerprint density at radius 1 is 1.21 bits per heavy atom. The Hall–Kier alpha value is -1.07. The fourth-order valence-corrected chi connectivity index (χ4v) is 1.39. The molecule has 2 rings (SSSR count). The summed E-state index contributed by atoms with van der Waals surface area (Å²) in [5.74, 6) is 0. The number of benzene rings is 1. The number of hydrazine groups is 1. The lowest BCUT2D eigenvalue weighted by Crippen LogP contribution is -2.34. The standard InChI is InChI=1S/C9H9F3N2/c1-6-3-2-4-7(5-6)8(13-14-8)9(10,11)12/h2-5,13-14H,1H3. The maximum absolute atomic E-state index is 12.6. The first-order valence-corrected chi connectivity index (χ1v) is 4.14. The van der Waals surface area contributed by atoms with E-state index in [0.29, 0.717) is 0 Å². The van der Waals surface area contributed by atoms with Crippen LogP contribution in [0, 0.1) is 6.92 Å². The third-order valence-electron chi connectivity index (χ3n) is 2.25. The Morgan fingerprint density at radius 3 is 2.29 bits per heavy atom. The molecule has 76 valence electrons. The lowest BCUT2D eigenvalue weighted by atomic mass is 10.0. The first-order valence-electron chi connectivity index (χ1n) is 4.14. The molecule has 0 amide bonds. The molecule has 1 fully saturated rings. The van der Waals surface area contributed by atoms with Crippen LogP contribution in [0.3, 0.4) is 0 Å². The van der Waals surface area contributed by atoms with Crippen LogP contribution in [-0.2, 0) is 5.66 Å². The largest absolute Gasteiger partial charge is 0.426 e. The van der Waals surface area contributed by atoms with Crippen LogP contribution >= 0.6 is 0 Å². The fraction of sp³-hybridized carbons (Fsp3) is 0.333. The molecule has 5 heteroatoms. The van der Waals surface area contributed by atoms with E-state index in [1.165, 1.54) is 12.1 Å². The first kappa shape index (κ1) is 9.48. The molecule has 1 aromatic carbocycles. The molecule has 1 aliphatic heterocycles. The van der Waals surface area contributed by atoms with Crippen molar-refractivity contribution in [3.8, 4) is 0 Å². The number of alkyl halides is 3. The third-order valence-corrected chi connectivity index (χ3v) is 2.25. The van der Waals surface area contributed by atoms with E-state index in [0.717, 1.165) is 5.56 Å². The Kier molecular flexibility index (Phi) is 1.84. The lowest BCUT2D eigenvalue weighted by Gasteiger charge is -2.16. The quantitative estimate of drug-likeness (QED) is 0.682. The zero-order valence-corrected chi connectivity index (χ0v) is 7.44. The number of aryl methyl sites for hydroxylation is 1. The van der Waals surface area contributed by atoms with Crippen molar-refractivity contribution < 1.29 is 13.2 Å². The van der Waals surface area contributed by atoms with Gasteiger partial charge in [0.1, 0.15) is 0 Å². The number of hydrogen-bond acceptors (Lipinski definition) is 2. The summed E-state index contributed by atoms with van der Waals surface area (Å²) in [4.78, 5) is 0. The summed E-state index contributed by atoms with van der Waals surface area (Å²) in [7, 11) is 0. The van der Waals surface area contributed by atoms with E-state index in [4.69, 9.17) is 0 Å². The van der Waals surface area contributed by atoms with Gasteiger partial charge in [-0.15, -0.1) is 0 Å². The minimum absolute atomic E-state index is 0.199. The summed E-state index contributed by atoms with van der Waals surface area (Å²) in [6.45, 7) is 1.76. The van der Waals surface area contributed by atoms with E-state index in [2.05, 4.69) is 10.9 Å². The minimum atomic E-state index is -4.32. The van der Waals surface area contributed by atoms with Crippen molar-refractivity contribution in [3.63, 3.8) is 0 Å². The van der Waals surface area contributed by atoms with Crippen LogP contribution < -0.4 is 10.9 Å². The van der Waals surface area contributed by atoms with E-state index in [-0.39, 0.29) is 5.56 Å². The van der Waals surface area contributed by atoms with Crippen molar-refractivity contribution in [3.05, 3.63) is 35.4 Å². The van der Waals surface area contributed by atoms with Crippen LogP contribution in [-0.4, -0.2) is 6.18 Å². The fourth-order valence-electron chi connectivity index (χ4n) is 1.39. The SMILES string of the molecule is Cc1cccc(C2(C(F)(F)F)NN2)c1. The summed E-state index contributed by atoms with van der Waals surface area (Å²) in [5, 5.41) is 0. The molecule has 1 saturated heterocycles. The Labute approximate surface area is 79.1 Å². The highest BCUT2D eigenvalue weighted by atomic mass is 19.4. The molecule has 0 atom stereocenters. The molecule has 0 aliphatic carbocycles. The number of rotatable bonds is 1. The van der Waals surface area contributed by atoms with Gasteiger partial charge >= 0.3 is 6.18 Å². The highest BCUT2D eigenvalue weighted by Gasteiger charge is 2.65. The van der Waals surface area contributed by atoms with Crippen molar-refractivity contribution in [1.29, 1.82) is 0 Å². The Balaban J connectivity index is 2.41. The molecule has 1 aliphatic rings. The summed E-state index contributed by atoms with van der Waals surface area (Å²) in [6.07, 6.45) is -4.32. The van der Waals surface area contributed by atoms with Crippen LogP contribution in [0.2, 0.25) is 0 Å². The predicted molar refractivity (Wildman–Crippen MR) is 45.2 cm³/mol. The van der Waals surface area contributed by atoms with Crippen LogP contribution in [0.4, 0.5) is 13.2 Å². The molecular weight excluding hydrogens is 193 g/mol. The van der Waals surface area contributed by atoms with Crippen LogP contribution in [0.15, 0.2) is 24.3 Å². The van der Waals surface area contributed by atoms with E-state index in [1.807, 2.05) is 0 Å². The molecule has 0 saturated carbocycles. The summed E-state index contributed by atoms with van der Waals surface area (Å²) in [6, 6.07) is 6.34. The minimum Gasteiger partial charge on any atom is -0.223 e. The Morgan fingerprint density at radius 2 is 1.86 bits per heavy atom. The van der Waals surface area contributed by atoms with Crippen LogP contribution in [0.1, 0.15) is 11.1 Å². The predicted octanol–water partition coefficient (Wildman–Crippen LogP) is 1.82. The average Bonchev–Trinajstić information content (AvgIpc) is 2.82. The zero-order valence-electron chi connectivity index (χ0n) is 7.44. The van der Waals surface area contributed by atoms with Crippen molar-refractivity contribution in [2.45, 2.75) is 18.8 Å². The molecule has 0 bridgehead atoms. The molecule has 1 heterocycles. The molecule has 14 heavy (non-hydrogen) atoms. The molecule has 0 radical (unpaired) electrons. The van der Waals surface area contributed by atoms with Gasteiger partial charge in [-0.3, -0.25) is 0 Å². The molecule has 0 unspecified atom stereocenters. The average molecular weight is 202 g/mol. The van der Waals surface area contributed by atoms with E-state index in [9.17, 15) is 13.2 Å². The highest BCUT2D eigenvalue weighted by Crippen LogP contribution is 2.42. The van der Waals surface area contributed by atoms with E-state index >= 15 is 0 Å². The summed E-state index contributed by atoms with van der Waals surface area (Å²) >= 11 is 0. The monoisotopic (exact) mass is 202 g/mol. The smallest absolute Gasteiger partial charge is 0.223 e. The van der Waals surface area contributed by atoms with Crippen LogP contribution in [0.5, 0.6) is 0 Å². The number of halogens is 3. The summed E-state index contributed by atoms with van der Waals surface area (Å²) < 4.78 is 37.8. The third kappa shape index (κ3) is 1.29. The molecule has 1 aromatic rings. The highest BCUT2D eigenvalue weighted by molar-refractivity contribution is 5.33. The summed E-state index contributed by atoms with van der Waals surface area (Å²) in [5.41, 5.74) is 3.29. The van der Waals surface area contributed by atoms with Gasteiger partial charge in [-0.2, -0.15) is 13.2 Å². The molecule has 2 nitrogen and oxygen atoms in total. The normalized spacial score (nSPS) is 19.4. The van der Waals surface area contributed by atoms with Gasteiger partial charge in [-0.05, 0) is 12.5 Å². The molecule has 0 spiro atoms. The van der Waals surface area contributed by atoms with Gasteiger partial charge in [0.25, 0.3) is 0 Å². The number of nitrogens with one attached hydrogen (secondary N) is 2. The second-order valence-electron chi connectivity index (χ2n) is 3.37. The zero-order chi connectivity index (χ0) is 10.4. The van der Waals surface area contributed by atoms with Gasteiger partial charge in [-0.1, -0.05) is 29.8 Å². The second kappa shape index (κ2) is 2.71. The van der Waals surface area contributed by atoms with Gasteiger partial charge in [-0.25, -0.2) is 10.9 Å². The van der Waals surface area contributed by atoms with Gasteiger partial charge < -0.3 is 0 Å². The maximum atomic E-state index is 12.6. The Bertz CT molecular complexity index is 355. The topological polar surface area (TPSA) is 43.9 Å². The maximum Gasteiger partial charge on any atom is 0.426 e. The first-order chi connectivity index (χ1) is 6.46. The lowest BCUT2D eigenvalue weighted by molar-refractivity contribution is -0.165. The second-order valence-corrected chi connectivity index (χ2v) is 3.37. The van der Waals surface area contributed by atoms with E-state index < -0.39 is 11.8 Å². The van der Waals surface area contributed by atoms with E-state index in [1.54, 1.807) is 19.1 Å². The van der Waals surface area contributed by atoms with Gasteiger partial charge in [0.15, 0.2) is 0 Å². The number of hydrogen-bond donors (Lipinski definition) is 2. The van der Waals surface area contributed by atoms with Gasteiger partial charge in [0.05, 0.1) is 0 Å². The molecule has 0 aromatic heterocycles. The van der Waals surface area contributed by atoms with Gasteiger partial charge in [0.2, 0.25) is 5.66 Å². The van der Waals surface area contributed by atoms with Gasteiger partial charge in [0, 0.05) is 0 Å². The van der Waals surface area contributed by atoms with Crippen molar-refractivity contribution >= 4 is 0 Å². The van der Waals surface area contributed by atoms with Crippen molar-refractivity contribution in [1.82, 2.24) is 10.9 Å². The van der Waals surface area contributed by atoms with Crippen molar-refractivity contribution in [2.24, 2.45) is 0 Å². The van der Waals surface area contributed by atoms with Crippen LogP contribution in [0.25, 0.3) is 0 Å². The van der Waals surface area contributed by atoms with Crippen molar-refractivity contribution in [2.75, 3.05) is 0 Å². The molecular formula is C9H9F3N2. The molecule has 2 N–H and O–H groups in total.